The fraction of sp³-hybridized carbons (Fsp3) is 0.320. The minimum atomic E-state index is -0.884. The van der Waals surface area contributed by atoms with Gasteiger partial charge >= 0.3 is 5.97 Å². The Morgan fingerprint density at radius 1 is 0.967 bits per heavy atom. The number of para-hydroxylation sites is 1. The summed E-state index contributed by atoms with van der Waals surface area (Å²) in [5.41, 5.74) is 6.46. The van der Waals surface area contributed by atoms with E-state index in [1.807, 2.05) is 57.2 Å². The van der Waals surface area contributed by atoms with Gasteiger partial charge in [-0.15, -0.1) is 0 Å². The second-order valence-electron chi connectivity index (χ2n) is 7.49. The molecule has 2 aromatic carbocycles. The van der Waals surface area contributed by atoms with E-state index in [1.165, 1.54) is 11.1 Å². The number of nitrogens with zero attached hydrogens (tertiary/aromatic N) is 1. The van der Waals surface area contributed by atoms with Gasteiger partial charge in [0.05, 0.1) is 12.2 Å². The molecule has 0 radical (unpaired) electrons. The van der Waals surface area contributed by atoms with Crippen LogP contribution in [0.5, 0.6) is 5.75 Å². The lowest BCUT2D eigenvalue weighted by Gasteiger charge is -2.13. The van der Waals surface area contributed by atoms with Gasteiger partial charge in [-0.2, -0.15) is 0 Å². The number of hydrogen-bond acceptors (Lipinski definition) is 3. The maximum absolute atomic E-state index is 12.0. The van der Waals surface area contributed by atoms with E-state index in [1.54, 1.807) is 0 Å². The van der Waals surface area contributed by atoms with Gasteiger partial charge in [0.1, 0.15) is 5.75 Å². The second-order valence-corrected chi connectivity index (χ2v) is 7.49. The van der Waals surface area contributed by atoms with Crippen LogP contribution in [-0.2, 0) is 19.6 Å². The van der Waals surface area contributed by atoms with E-state index < -0.39 is 5.97 Å². The Labute approximate surface area is 178 Å². The van der Waals surface area contributed by atoms with Crippen LogP contribution in [0.15, 0.2) is 48.5 Å². The normalized spacial score (nSPS) is 10.9. The SMILES string of the molecule is CCOc1ccccc1CNCc1c(C(=O)O)c(C)n(Cc2ccccc2C)c1C. The van der Waals surface area contributed by atoms with Crippen LogP contribution in [0, 0.1) is 20.8 Å². The average Bonchev–Trinajstić information content (AvgIpc) is 2.95. The van der Waals surface area contributed by atoms with Crippen molar-refractivity contribution in [1.29, 1.82) is 0 Å². The smallest absolute Gasteiger partial charge is 0.337 e. The maximum atomic E-state index is 12.0. The molecule has 30 heavy (non-hydrogen) atoms. The second kappa shape index (κ2) is 9.63. The molecule has 0 aliphatic heterocycles. The predicted molar refractivity (Wildman–Crippen MR) is 119 cm³/mol. The lowest BCUT2D eigenvalue weighted by Crippen LogP contribution is -2.16. The molecule has 0 fully saturated rings. The minimum absolute atomic E-state index is 0.395. The molecule has 1 heterocycles. The highest BCUT2D eigenvalue weighted by Crippen LogP contribution is 2.25. The zero-order valence-corrected chi connectivity index (χ0v) is 18.2. The topological polar surface area (TPSA) is 63.5 Å². The molecule has 0 saturated carbocycles. The quantitative estimate of drug-likeness (QED) is 0.533. The van der Waals surface area contributed by atoms with Gasteiger partial charge in [-0.1, -0.05) is 42.5 Å². The molecule has 1 aromatic heterocycles. The molecule has 0 saturated heterocycles. The molecule has 0 bridgehead atoms. The van der Waals surface area contributed by atoms with Crippen molar-refractivity contribution in [3.05, 3.63) is 87.7 Å². The monoisotopic (exact) mass is 406 g/mol. The zero-order valence-electron chi connectivity index (χ0n) is 18.2. The first kappa shape index (κ1) is 21.7. The number of aromatic carboxylic acids is 1. The van der Waals surface area contributed by atoms with Gasteiger partial charge < -0.3 is 19.7 Å². The van der Waals surface area contributed by atoms with Crippen molar-refractivity contribution in [2.75, 3.05) is 6.61 Å². The van der Waals surface area contributed by atoms with Crippen molar-refractivity contribution in [2.24, 2.45) is 0 Å². The van der Waals surface area contributed by atoms with Crippen LogP contribution < -0.4 is 10.1 Å². The summed E-state index contributed by atoms with van der Waals surface area (Å²) in [4.78, 5) is 12.0. The third-order valence-corrected chi connectivity index (χ3v) is 5.60. The number of carboxylic acid groups (broad SMARTS) is 1. The zero-order chi connectivity index (χ0) is 21.7. The third-order valence-electron chi connectivity index (χ3n) is 5.60. The summed E-state index contributed by atoms with van der Waals surface area (Å²) in [5, 5.41) is 13.3. The number of carbonyl (C=O) groups is 1. The fourth-order valence-electron chi connectivity index (χ4n) is 3.91. The van der Waals surface area contributed by atoms with Crippen molar-refractivity contribution in [3.8, 4) is 5.75 Å². The molecule has 0 aliphatic rings. The summed E-state index contributed by atoms with van der Waals surface area (Å²) in [7, 11) is 0. The van der Waals surface area contributed by atoms with Gasteiger partial charge in [-0.25, -0.2) is 4.79 Å². The van der Waals surface area contributed by atoms with Crippen LogP contribution in [0.4, 0.5) is 0 Å². The highest BCUT2D eigenvalue weighted by molar-refractivity contribution is 5.91. The Morgan fingerprint density at radius 2 is 1.63 bits per heavy atom. The van der Waals surface area contributed by atoms with Gasteiger partial charge in [0.15, 0.2) is 0 Å². The highest BCUT2D eigenvalue weighted by Gasteiger charge is 2.22. The molecule has 158 valence electrons. The summed E-state index contributed by atoms with van der Waals surface area (Å²) >= 11 is 0. The number of aromatic nitrogens is 1. The number of hydrogen-bond donors (Lipinski definition) is 2. The van der Waals surface area contributed by atoms with Crippen molar-refractivity contribution in [3.63, 3.8) is 0 Å². The molecule has 5 heteroatoms. The molecule has 0 atom stereocenters. The van der Waals surface area contributed by atoms with Crippen LogP contribution in [0.2, 0.25) is 0 Å². The Kier molecular flexibility index (Phi) is 6.95. The number of nitrogens with one attached hydrogen (secondary N) is 1. The summed E-state index contributed by atoms with van der Waals surface area (Å²) in [5.74, 6) is -0.0263. The summed E-state index contributed by atoms with van der Waals surface area (Å²) < 4.78 is 7.80. The number of ether oxygens (including phenoxy) is 1. The molecule has 0 spiro atoms. The van der Waals surface area contributed by atoms with E-state index in [-0.39, 0.29) is 0 Å². The Morgan fingerprint density at radius 3 is 2.30 bits per heavy atom. The standard InChI is InChI=1S/C25H30N2O3/c1-5-30-23-13-9-8-11-20(23)14-26-15-22-18(3)27(19(4)24(22)25(28)29)16-21-12-7-6-10-17(21)2/h6-13,26H,5,14-16H2,1-4H3,(H,28,29). The van der Waals surface area contributed by atoms with E-state index in [4.69, 9.17) is 4.74 Å². The van der Waals surface area contributed by atoms with Gasteiger partial charge in [-0.05, 0) is 44.9 Å². The number of benzene rings is 2. The largest absolute Gasteiger partial charge is 0.494 e. The van der Waals surface area contributed by atoms with E-state index in [0.29, 0.717) is 31.8 Å². The number of aryl methyl sites for hydroxylation is 1. The maximum Gasteiger partial charge on any atom is 0.337 e. The van der Waals surface area contributed by atoms with Crippen LogP contribution in [0.1, 0.15) is 50.9 Å². The van der Waals surface area contributed by atoms with Crippen LogP contribution in [-0.4, -0.2) is 22.2 Å². The van der Waals surface area contributed by atoms with E-state index in [2.05, 4.69) is 28.9 Å². The highest BCUT2D eigenvalue weighted by atomic mass is 16.5. The van der Waals surface area contributed by atoms with E-state index in [0.717, 1.165) is 28.3 Å². The van der Waals surface area contributed by atoms with Gasteiger partial charge in [0.2, 0.25) is 0 Å². The van der Waals surface area contributed by atoms with Crippen LogP contribution in [0.25, 0.3) is 0 Å². The van der Waals surface area contributed by atoms with Crippen molar-refractivity contribution >= 4 is 5.97 Å². The summed E-state index contributed by atoms with van der Waals surface area (Å²) in [6, 6.07) is 16.1. The first-order valence-corrected chi connectivity index (χ1v) is 10.3. The predicted octanol–water partition coefficient (Wildman–Crippen LogP) is 4.85. The van der Waals surface area contributed by atoms with Crippen LogP contribution in [0.3, 0.4) is 0 Å². The third kappa shape index (κ3) is 4.57. The Hall–Kier alpha value is -3.05. The first-order valence-electron chi connectivity index (χ1n) is 10.3. The lowest BCUT2D eigenvalue weighted by atomic mass is 10.1. The molecule has 3 rings (SSSR count). The molecule has 0 unspecified atom stereocenters. The molecule has 2 N–H and O–H groups in total. The van der Waals surface area contributed by atoms with Gasteiger partial charge in [-0.3, -0.25) is 0 Å². The average molecular weight is 407 g/mol. The molecule has 3 aromatic rings. The molecule has 0 aliphatic carbocycles. The Bertz CT molecular complexity index is 1040. The lowest BCUT2D eigenvalue weighted by molar-refractivity contribution is 0.0694. The minimum Gasteiger partial charge on any atom is -0.494 e. The van der Waals surface area contributed by atoms with Crippen molar-refractivity contribution < 1.29 is 14.6 Å². The Balaban J connectivity index is 1.84. The first-order chi connectivity index (χ1) is 14.4. The van der Waals surface area contributed by atoms with E-state index >= 15 is 0 Å². The van der Waals surface area contributed by atoms with Crippen LogP contribution >= 0.6 is 0 Å². The van der Waals surface area contributed by atoms with E-state index in [9.17, 15) is 9.90 Å². The molecule has 5 nitrogen and oxygen atoms in total. The summed E-state index contributed by atoms with van der Waals surface area (Å²) in [6.45, 7) is 10.3. The number of rotatable bonds is 9. The van der Waals surface area contributed by atoms with Gasteiger partial charge in [0, 0.05) is 42.1 Å². The molecule has 0 amide bonds. The van der Waals surface area contributed by atoms with Crippen molar-refractivity contribution in [1.82, 2.24) is 9.88 Å². The summed E-state index contributed by atoms with van der Waals surface area (Å²) in [6.07, 6.45) is 0. The fourth-order valence-corrected chi connectivity index (χ4v) is 3.91. The number of carboxylic acids is 1. The van der Waals surface area contributed by atoms with Crippen molar-refractivity contribution in [2.45, 2.75) is 47.3 Å². The molecular formula is C25H30N2O3. The molecular weight excluding hydrogens is 376 g/mol. The van der Waals surface area contributed by atoms with Gasteiger partial charge in [0.25, 0.3) is 0 Å².